The topological polar surface area (TPSA) is 17.1 Å². The molecule has 0 saturated heterocycles. The largest absolute Gasteiger partial charge is 0.324 e. The molecular formula is C9H19OP. The molecule has 0 aromatic heterocycles. The zero-order chi connectivity index (χ0) is 8.48. The zero-order valence-electron chi connectivity index (χ0n) is 7.84. The van der Waals surface area contributed by atoms with Crippen molar-refractivity contribution in [3.8, 4) is 0 Å². The molecule has 2 unspecified atom stereocenters. The Balaban J connectivity index is 2.11. The molecule has 1 nitrogen and oxygen atoms in total. The summed E-state index contributed by atoms with van der Waals surface area (Å²) in [5.74, 6) is 1.90. The van der Waals surface area contributed by atoms with E-state index in [1.807, 2.05) is 13.3 Å². The maximum Gasteiger partial charge on any atom is 0.0819 e. The van der Waals surface area contributed by atoms with Crippen LogP contribution in [0, 0.1) is 11.8 Å². The van der Waals surface area contributed by atoms with Gasteiger partial charge in [-0.1, -0.05) is 13.3 Å². The average Bonchev–Trinajstić information content (AvgIpc) is 2.60. The normalized spacial score (nSPS) is 30.5. The third-order valence-corrected chi connectivity index (χ3v) is 3.97. The van der Waals surface area contributed by atoms with Crippen molar-refractivity contribution in [2.75, 3.05) is 19.5 Å². The summed E-state index contributed by atoms with van der Waals surface area (Å²) in [7, 11) is -1.72. The van der Waals surface area contributed by atoms with Crippen molar-refractivity contribution >= 4 is 7.14 Å². The van der Waals surface area contributed by atoms with Crippen molar-refractivity contribution in [1.29, 1.82) is 0 Å². The van der Waals surface area contributed by atoms with Crippen molar-refractivity contribution in [2.24, 2.45) is 11.8 Å². The molecule has 1 aliphatic rings. The molecule has 0 amide bonds. The minimum absolute atomic E-state index is 0.924. The monoisotopic (exact) mass is 174 g/mol. The van der Waals surface area contributed by atoms with Crippen LogP contribution in [0.15, 0.2) is 0 Å². The summed E-state index contributed by atoms with van der Waals surface area (Å²) in [6.07, 6.45) is 4.90. The van der Waals surface area contributed by atoms with E-state index >= 15 is 0 Å². The molecule has 0 radical (unpaired) electrons. The Morgan fingerprint density at radius 2 is 2.00 bits per heavy atom. The zero-order valence-corrected chi connectivity index (χ0v) is 8.73. The van der Waals surface area contributed by atoms with Crippen LogP contribution in [0.25, 0.3) is 0 Å². The van der Waals surface area contributed by atoms with Gasteiger partial charge >= 0.3 is 0 Å². The van der Waals surface area contributed by atoms with Crippen molar-refractivity contribution in [3.63, 3.8) is 0 Å². The maximum atomic E-state index is 11.3. The lowest BCUT2D eigenvalue weighted by Crippen LogP contribution is -1.89. The van der Waals surface area contributed by atoms with Gasteiger partial charge in [0.25, 0.3) is 0 Å². The van der Waals surface area contributed by atoms with Gasteiger partial charge in [-0.15, -0.1) is 0 Å². The highest BCUT2D eigenvalue weighted by atomic mass is 31.2. The van der Waals surface area contributed by atoms with Crippen LogP contribution in [0.1, 0.15) is 26.2 Å². The predicted molar refractivity (Wildman–Crippen MR) is 50.8 cm³/mol. The van der Waals surface area contributed by atoms with E-state index in [0.717, 1.165) is 18.0 Å². The minimum Gasteiger partial charge on any atom is -0.324 e. The molecule has 2 heteroatoms. The number of hydrogen-bond acceptors (Lipinski definition) is 1. The molecule has 0 heterocycles. The molecule has 0 aromatic carbocycles. The highest BCUT2D eigenvalue weighted by Gasteiger charge is 2.35. The van der Waals surface area contributed by atoms with Gasteiger partial charge in [0.15, 0.2) is 0 Å². The SMILES string of the molecule is CCC1CC1CCP(C)(C)=O. The third-order valence-electron chi connectivity index (χ3n) is 2.63. The second-order valence-corrected chi connectivity index (χ2v) is 7.85. The Kier molecular flexibility index (Phi) is 2.80. The molecule has 1 aliphatic carbocycles. The summed E-state index contributed by atoms with van der Waals surface area (Å²) in [5, 5.41) is 0. The van der Waals surface area contributed by atoms with Crippen LogP contribution in [0.5, 0.6) is 0 Å². The summed E-state index contributed by atoms with van der Waals surface area (Å²) in [6.45, 7) is 6.05. The Labute approximate surface area is 69.9 Å². The van der Waals surface area contributed by atoms with Gasteiger partial charge in [-0.25, -0.2) is 0 Å². The summed E-state index contributed by atoms with van der Waals surface area (Å²) in [6, 6.07) is 0. The molecular weight excluding hydrogens is 155 g/mol. The third kappa shape index (κ3) is 3.42. The quantitative estimate of drug-likeness (QED) is 0.599. The number of hydrogen-bond donors (Lipinski definition) is 0. The first kappa shape index (κ1) is 9.32. The first-order chi connectivity index (χ1) is 5.03. The molecule has 11 heavy (non-hydrogen) atoms. The predicted octanol–water partition coefficient (Wildman–Crippen LogP) is 3.05. The minimum atomic E-state index is -1.72. The Bertz CT molecular complexity index is 170. The highest BCUT2D eigenvalue weighted by Crippen LogP contribution is 2.47. The molecule has 1 rings (SSSR count). The van der Waals surface area contributed by atoms with Gasteiger partial charge in [-0.05, 0) is 38.0 Å². The van der Waals surface area contributed by atoms with Gasteiger partial charge in [0.1, 0.15) is 0 Å². The number of rotatable bonds is 4. The van der Waals surface area contributed by atoms with E-state index in [9.17, 15) is 4.57 Å². The molecule has 1 saturated carbocycles. The van der Waals surface area contributed by atoms with Crippen LogP contribution >= 0.6 is 7.14 Å². The maximum absolute atomic E-state index is 11.3. The van der Waals surface area contributed by atoms with Gasteiger partial charge in [-0.3, -0.25) is 0 Å². The fourth-order valence-corrected chi connectivity index (χ4v) is 2.59. The molecule has 0 aliphatic heterocycles. The van der Waals surface area contributed by atoms with Crippen molar-refractivity contribution in [2.45, 2.75) is 26.2 Å². The Hall–Kier alpha value is 0.230. The van der Waals surface area contributed by atoms with Crippen molar-refractivity contribution < 1.29 is 4.57 Å². The average molecular weight is 174 g/mol. The van der Waals surface area contributed by atoms with Crippen LogP contribution in [0.4, 0.5) is 0 Å². The molecule has 0 N–H and O–H groups in total. The van der Waals surface area contributed by atoms with Gasteiger partial charge in [0, 0.05) is 6.16 Å². The standard InChI is InChI=1S/C9H19OP/c1-4-8-7-9(8)5-6-11(2,3)10/h8-9H,4-7H2,1-3H3. The van der Waals surface area contributed by atoms with Gasteiger partial charge in [0.05, 0.1) is 7.14 Å². The first-order valence-electron chi connectivity index (χ1n) is 4.57. The molecule has 0 bridgehead atoms. The highest BCUT2D eigenvalue weighted by molar-refractivity contribution is 7.62. The van der Waals surface area contributed by atoms with E-state index in [0.29, 0.717) is 0 Å². The van der Waals surface area contributed by atoms with E-state index in [4.69, 9.17) is 0 Å². The summed E-state index contributed by atoms with van der Waals surface area (Å²) >= 11 is 0. The van der Waals surface area contributed by atoms with Gasteiger partial charge in [-0.2, -0.15) is 0 Å². The second kappa shape index (κ2) is 3.31. The molecule has 2 atom stereocenters. The first-order valence-corrected chi connectivity index (χ1v) is 7.35. The molecule has 1 fully saturated rings. The van der Waals surface area contributed by atoms with E-state index in [1.165, 1.54) is 19.3 Å². The molecule has 66 valence electrons. The van der Waals surface area contributed by atoms with Crippen LogP contribution in [0.3, 0.4) is 0 Å². The van der Waals surface area contributed by atoms with Crippen molar-refractivity contribution in [3.05, 3.63) is 0 Å². The van der Waals surface area contributed by atoms with Crippen LogP contribution in [0.2, 0.25) is 0 Å². The summed E-state index contributed by atoms with van der Waals surface area (Å²) in [5.41, 5.74) is 0. The van der Waals surface area contributed by atoms with Crippen LogP contribution in [-0.4, -0.2) is 19.5 Å². The van der Waals surface area contributed by atoms with Crippen molar-refractivity contribution in [1.82, 2.24) is 0 Å². The van der Waals surface area contributed by atoms with Crippen LogP contribution in [-0.2, 0) is 4.57 Å². The molecule has 0 aromatic rings. The lowest BCUT2D eigenvalue weighted by molar-refractivity contribution is 0.576. The van der Waals surface area contributed by atoms with Crippen LogP contribution < -0.4 is 0 Å². The smallest absolute Gasteiger partial charge is 0.0819 e. The molecule has 0 spiro atoms. The summed E-state index contributed by atoms with van der Waals surface area (Å²) in [4.78, 5) is 0. The fraction of sp³-hybridized carbons (Fsp3) is 1.00. The lowest BCUT2D eigenvalue weighted by Gasteiger charge is -2.04. The Morgan fingerprint density at radius 3 is 2.36 bits per heavy atom. The van der Waals surface area contributed by atoms with Gasteiger partial charge < -0.3 is 4.57 Å². The van der Waals surface area contributed by atoms with E-state index < -0.39 is 7.14 Å². The second-order valence-electron chi connectivity index (χ2n) is 4.25. The Morgan fingerprint density at radius 1 is 1.36 bits per heavy atom. The lowest BCUT2D eigenvalue weighted by atomic mass is 10.2. The summed E-state index contributed by atoms with van der Waals surface area (Å²) < 4.78 is 11.3. The fourth-order valence-electron chi connectivity index (χ4n) is 1.64. The van der Waals surface area contributed by atoms with E-state index in [1.54, 1.807) is 0 Å². The van der Waals surface area contributed by atoms with E-state index in [-0.39, 0.29) is 0 Å². The van der Waals surface area contributed by atoms with Gasteiger partial charge in [0.2, 0.25) is 0 Å². The van der Waals surface area contributed by atoms with E-state index in [2.05, 4.69) is 6.92 Å².